The van der Waals surface area contributed by atoms with Gasteiger partial charge in [0, 0.05) is 16.8 Å². The summed E-state index contributed by atoms with van der Waals surface area (Å²) in [5, 5.41) is 3.13. The Hall–Kier alpha value is -6.61. The van der Waals surface area contributed by atoms with Crippen LogP contribution in [0, 0.1) is 0 Å². The Kier molecular flexibility index (Phi) is 8.15. The molecule has 0 aliphatic heterocycles. The molecule has 2 heterocycles. The number of rotatable bonds is 8. The average Bonchev–Trinajstić information content (AvgIpc) is 3.52. The molecule has 0 amide bonds. The second kappa shape index (κ2) is 13.0. The van der Waals surface area contributed by atoms with Crippen LogP contribution in [0.4, 0.5) is 11.6 Å². The third-order valence-electron chi connectivity index (χ3n) is 8.03. The summed E-state index contributed by atoms with van der Waals surface area (Å²) >= 11 is 0. The van der Waals surface area contributed by atoms with Crippen molar-refractivity contribution in [2.75, 3.05) is 12.4 Å². The topological polar surface area (TPSA) is 108 Å². The number of aromatic nitrogens is 4. The molecule has 0 radical (unpaired) electrons. The van der Waals surface area contributed by atoms with Gasteiger partial charge in [0.2, 0.25) is 5.95 Å². The molecule has 0 aliphatic carbocycles. The number of imidazole rings is 1. The number of anilines is 2. The maximum absolute atomic E-state index is 14.7. The first-order chi connectivity index (χ1) is 23.5. The number of hydrogen-bond donors (Lipinski definition) is 1. The van der Waals surface area contributed by atoms with E-state index in [1.54, 1.807) is 86.0 Å². The maximum atomic E-state index is 14.7. The number of carbonyl (C=O) groups is 2. The predicted octanol–water partition coefficient (Wildman–Crippen LogP) is 6.90. The third-order valence-corrected chi connectivity index (χ3v) is 8.03. The molecule has 0 unspecified atom stereocenters. The van der Waals surface area contributed by atoms with Gasteiger partial charge in [-0.25, -0.2) is 9.55 Å². The minimum absolute atomic E-state index is 0.0178. The standard InChI is InChI=1S/C39H29N5O4/c1-48-31-24-22-30(23-25-31)40-39-42-34-33(38(47)44(39)37(46)29-20-12-5-13-21-29)43(36(45)28-18-10-4-11-19-28)35(41-34)32(26-14-6-2-7-15-26)27-16-8-3-9-17-27/h2-25,32H,1H3,(H,40,42). The van der Waals surface area contributed by atoms with E-state index in [0.29, 0.717) is 22.8 Å². The Morgan fingerprint density at radius 2 is 1.10 bits per heavy atom. The Balaban J connectivity index is 1.54. The Morgan fingerprint density at radius 3 is 1.60 bits per heavy atom. The van der Waals surface area contributed by atoms with E-state index < -0.39 is 23.3 Å². The van der Waals surface area contributed by atoms with Gasteiger partial charge in [-0.3, -0.25) is 19.0 Å². The average molecular weight is 632 g/mol. The van der Waals surface area contributed by atoms with Crippen molar-refractivity contribution in [3.05, 3.63) is 184 Å². The molecule has 7 rings (SSSR count). The number of nitrogens with zero attached hydrogens (tertiary/aromatic N) is 4. The highest BCUT2D eigenvalue weighted by molar-refractivity contribution is 6.03. The number of methoxy groups -OCH3 is 1. The molecule has 0 fully saturated rings. The molecule has 1 N–H and O–H groups in total. The van der Waals surface area contributed by atoms with Crippen molar-refractivity contribution < 1.29 is 14.3 Å². The van der Waals surface area contributed by atoms with Crippen LogP contribution in [0.1, 0.15) is 43.6 Å². The van der Waals surface area contributed by atoms with Gasteiger partial charge in [0.15, 0.2) is 11.2 Å². The summed E-state index contributed by atoms with van der Waals surface area (Å²) < 4.78 is 7.57. The van der Waals surface area contributed by atoms with Crippen molar-refractivity contribution >= 4 is 34.6 Å². The van der Waals surface area contributed by atoms with E-state index in [9.17, 15) is 14.4 Å². The second-order valence-corrected chi connectivity index (χ2v) is 11.0. The molecule has 0 saturated heterocycles. The van der Waals surface area contributed by atoms with E-state index in [2.05, 4.69) is 5.32 Å². The SMILES string of the molecule is COc1ccc(Nc2nc3nc(C(c4ccccc4)c4ccccc4)n(C(=O)c4ccccc4)c3c(=O)n2C(=O)c2ccccc2)cc1. The van der Waals surface area contributed by atoms with E-state index in [4.69, 9.17) is 14.7 Å². The fourth-order valence-electron chi connectivity index (χ4n) is 5.72. The number of fused-ring (bicyclic) bond motifs is 1. The van der Waals surface area contributed by atoms with Crippen LogP contribution in [-0.2, 0) is 0 Å². The second-order valence-electron chi connectivity index (χ2n) is 11.0. The lowest BCUT2D eigenvalue weighted by molar-refractivity contribution is 0.0945. The molecule has 2 aromatic heterocycles. The zero-order chi connectivity index (χ0) is 33.0. The number of carbonyl (C=O) groups excluding carboxylic acids is 2. The van der Waals surface area contributed by atoms with Crippen LogP contribution in [0.15, 0.2) is 150 Å². The molecule has 0 spiro atoms. The molecule has 234 valence electrons. The predicted molar refractivity (Wildman–Crippen MR) is 184 cm³/mol. The highest BCUT2D eigenvalue weighted by atomic mass is 16.5. The molecule has 0 saturated carbocycles. The van der Waals surface area contributed by atoms with Crippen LogP contribution in [0.3, 0.4) is 0 Å². The van der Waals surface area contributed by atoms with Crippen LogP contribution in [0.25, 0.3) is 11.2 Å². The summed E-state index contributed by atoms with van der Waals surface area (Å²) in [4.78, 5) is 53.0. The van der Waals surface area contributed by atoms with Crippen LogP contribution in [0.5, 0.6) is 5.75 Å². The lowest BCUT2D eigenvalue weighted by Gasteiger charge is -2.19. The van der Waals surface area contributed by atoms with E-state index in [1.807, 2.05) is 66.7 Å². The molecule has 5 aromatic carbocycles. The fourth-order valence-corrected chi connectivity index (χ4v) is 5.72. The van der Waals surface area contributed by atoms with Gasteiger partial charge in [-0.05, 0) is 59.7 Å². The first-order valence-electron chi connectivity index (χ1n) is 15.3. The lowest BCUT2D eigenvalue weighted by Crippen LogP contribution is -2.32. The van der Waals surface area contributed by atoms with Crippen molar-refractivity contribution in [1.82, 2.24) is 19.1 Å². The van der Waals surface area contributed by atoms with Crippen molar-refractivity contribution in [3.8, 4) is 5.75 Å². The molecule has 0 atom stereocenters. The van der Waals surface area contributed by atoms with Gasteiger partial charge < -0.3 is 10.1 Å². The summed E-state index contributed by atoms with van der Waals surface area (Å²) in [5.74, 6) is -0.761. The summed E-state index contributed by atoms with van der Waals surface area (Å²) in [6.45, 7) is 0. The molecular weight excluding hydrogens is 602 g/mol. The Morgan fingerprint density at radius 1 is 0.625 bits per heavy atom. The van der Waals surface area contributed by atoms with Crippen LogP contribution >= 0.6 is 0 Å². The zero-order valence-electron chi connectivity index (χ0n) is 25.9. The number of hydrogen-bond acceptors (Lipinski definition) is 7. The first kappa shape index (κ1) is 30.1. The van der Waals surface area contributed by atoms with Crippen molar-refractivity contribution in [1.29, 1.82) is 0 Å². The lowest BCUT2D eigenvalue weighted by atomic mass is 9.90. The largest absolute Gasteiger partial charge is 0.497 e. The summed E-state index contributed by atoms with van der Waals surface area (Å²) in [6.07, 6.45) is 0. The van der Waals surface area contributed by atoms with Gasteiger partial charge in [0.1, 0.15) is 11.6 Å². The van der Waals surface area contributed by atoms with Gasteiger partial charge in [-0.1, -0.05) is 97.1 Å². The molecule has 0 aliphatic rings. The third kappa shape index (κ3) is 5.65. The van der Waals surface area contributed by atoms with Gasteiger partial charge in [0.05, 0.1) is 13.0 Å². The Labute approximate surface area is 275 Å². The number of ether oxygens (including phenoxy) is 1. The summed E-state index contributed by atoms with van der Waals surface area (Å²) in [7, 11) is 1.57. The van der Waals surface area contributed by atoms with E-state index in [0.717, 1.165) is 15.7 Å². The normalized spacial score (nSPS) is 11.0. The van der Waals surface area contributed by atoms with Crippen molar-refractivity contribution in [2.45, 2.75) is 5.92 Å². The van der Waals surface area contributed by atoms with Gasteiger partial charge >= 0.3 is 0 Å². The molecular formula is C39H29N5O4. The first-order valence-corrected chi connectivity index (χ1v) is 15.3. The number of benzene rings is 5. The Bertz CT molecular complexity index is 2250. The molecule has 48 heavy (non-hydrogen) atoms. The van der Waals surface area contributed by atoms with Gasteiger partial charge in [-0.15, -0.1) is 0 Å². The minimum atomic E-state index is -0.743. The van der Waals surface area contributed by atoms with Crippen molar-refractivity contribution in [3.63, 3.8) is 0 Å². The highest BCUT2D eigenvalue weighted by Gasteiger charge is 2.31. The van der Waals surface area contributed by atoms with Gasteiger partial charge in [-0.2, -0.15) is 4.98 Å². The van der Waals surface area contributed by atoms with Crippen molar-refractivity contribution in [2.24, 2.45) is 0 Å². The van der Waals surface area contributed by atoms with Crippen LogP contribution in [0.2, 0.25) is 0 Å². The molecule has 0 bridgehead atoms. The smallest absolute Gasteiger partial charge is 0.288 e. The number of nitrogens with one attached hydrogen (secondary N) is 1. The summed E-state index contributed by atoms with van der Waals surface area (Å²) in [6, 6.07) is 43.4. The minimum Gasteiger partial charge on any atom is -0.497 e. The quantitative estimate of drug-likeness (QED) is 0.194. The zero-order valence-corrected chi connectivity index (χ0v) is 25.9. The highest BCUT2D eigenvalue weighted by Crippen LogP contribution is 2.33. The van der Waals surface area contributed by atoms with Crippen LogP contribution in [-0.4, -0.2) is 38.0 Å². The molecule has 9 nitrogen and oxygen atoms in total. The van der Waals surface area contributed by atoms with Crippen LogP contribution < -0.4 is 15.6 Å². The molecule has 7 aromatic rings. The monoisotopic (exact) mass is 631 g/mol. The van der Waals surface area contributed by atoms with Gasteiger partial charge in [0.25, 0.3) is 17.4 Å². The molecule has 9 heteroatoms. The van der Waals surface area contributed by atoms with E-state index in [1.165, 1.54) is 4.57 Å². The fraction of sp³-hybridized carbons (Fsp3) is 0.0513. The summed E-state index contributed by atoms with van der Waals surface area (Å²) in [5.41, 5.74) is 2.06. The van der Waals surface area contributed by atoms with E-state index in [-0.39, 0.29) is 22.7 Å². The maximum Gasteiger partial charge on any atom is 0.288 e. The van der Waals surface area contributed by atoms with E-state index >= 15 is 0 Å².